The zero-order chi connectivity index (χ0) is 28.5. The minimum Gasteiger partial charge on any atom is -0.503 e. The third-order valence-electron chi connectivity index (χ3n) is 6.76. The van der Waals surface area contributed by atoms with Crippen molar-refractivity contribution < 1.29 is 24.2 Å². The number of amides is 1. The maximum atomic E-state index is 13.7. The van der Waals surface area contributed by atoms with Gasteiger partial charge >= 0.3 is 0 Å². The highest BCUT2D eigenvalue weighted by molar-refractivity contribution is 7.22. The Kier molecular flexibility index (Phi) is 7.30. The summed E-state index contributed by atoms with van der Waals surface area (Å²) >= 11 is 2.60. The summed E-state index contributed by atoms with van der Waals surface area (Å²) in [6.45, 7) is 4.60. The number of thiazole rings is 1. The number of fused-ring (bicyclic) bond motifs is 1. The predicted octanol–water partition coefficient (Wildman–Crippen LogP) is 7.43. The summed E-state index contributed by atoms with van der Waals surface area (Å²) in [5.41, 5.74) is 3.41. The first-order valence-electron chi connectivity index (χ1n) is 13.1. The molecule has 0 fully saturated rings. The van der Waals surface area contributed by atoms with Gasteiger partial charge in [-0.05, 0) is 66.2 Å². The molecule has 1 amide bonds. The molecular formula is C32H26N2O5S2. The normalized spacial score (nSPS) is 15.1. The molecule has 1 unspecified atom stereocenters. The lowest BCUT2D eigenvalue weighted by atomic mass is 9.95. The number of thiophene rings is 1. The average Bonchev–Trinajstić information content (AvgIpc) is 3.71. The molecule has 1 N–H and O–H groups in total. The summed E-state index contributed by atoms with van der Waals surface area (Å²) in [6, 6.07) is 23.5. The van der Waals surface area contributed by atoms with E-state index in [2.05, 4.69) is 0 Å². The fourth-order valence-corrected chi connectivity index (χ4v) is 6.60. The van der Waals surface area contributed by atoms with Crippen LogP contribution < -0.4 is 14.4 Å². The summed E-state index contributed by atoms with van der Waals surface area (Å²) in [7, 11) is 0. The number of benzene rings is 3. The molecule has 0 saturated heterocycles. The van der Waals surface area contributed by atoms with Crippen LogP contribution in [0.25, 0.3) is 10.2 Å². The molecule has 5 aromatic rings. The van der Waals surface area contributed by atoms with Crippen LogP contribution >= 0.6 is 22.7 Å². The van der Waals surface area contributed by atoms with Crippen molar-refractivity contribution in [2.45, 2.75) is 26.5 Å². The van der Waals surface area contributed by atoms with E-state index in [1.165, 1.54) is 27.6 Å². The maximum absolute atomic E-state index is 13.7. The van der Waals surface area contributed by atoms with Crippen LogP contribution in [-0.2, 0) is 11.4 Å². The second-order valence-corrected chi connectivity index (χ2v) is 11.5. The zero-order valence-electron chi connectivity index (χ0n) is 22.4. The van der Waals surface area contributed by atoms with Crippen molar-refractivity contribution in [2.24, 2.45) is 0 Å². The third-order valence-corrected chi connectivity index (χ3v) is 8.64. The highest BCUT2D eigenvalue weighted by Gasteiger charge is 2.46. The van der Waals surface area contributed by atoms with E-state index in [1.54, 1.807) is 35.7 Å². The molecule has 1 atom stereocenters. The molecule has 0 spiro atoms. The molecule has 0 aliphatic carbocycles. The minimum atomic E-state index is -0.916. The second-order valence-electron chi connectivity index (χ2n) is 9.53. The quantitative estimate of drug-likeness (QED) is 0.182. The number of hydrogen-bond acceptors (Lipinski definition) is 8. The van der Waals surface area contributed by atoms with Gasteiger partial charge in [-0.25, -0.2) is 4.98 Å². The maximum Gasteiger partial charge on any atom is 0.296 e. The highest BCUT2D eigenvalue weighted by atomic mass is 32.1. The second kappa shape index (κ2) is 11.2. The van der Waals surface area contributed by atoms with Gasteiger partial charge in [-0.1, -0.05) is 59.9 Å². The standard InChI is InChI=1S/C32H26N2O5S2/c1-3-38-24-17-21(12-14-23(24)39-18-20-8-5-4-6-9-20)28-27(29(35)25-10-7-15-40-25)30(36)31(37)34(28)32-33-22-13-11-19(2)16-26(22)41-32/h4-17,28,36H,3,18H2,1-2H3. The highest BCUT2D eigenvalue weighted by Crippen LogP contribution is 2.46. The van der Waals surface area contributed by atoms with E-state index in [9.17, 15) is 14.7 Å². The lowest BCUT2D eigenvalue weighted by Crippen LogP contribution is -2.31. The van der Waals surface area contributed by atoms with Crippen LogP contribution in [0.2, 0.25) is 0 Å². The smallest absolute Gasteiger partial charge is 0.296 e. The number of anilines is 1. The number of carbonyl (C=O) groups is 2. The first-order chi connectivity index (χ1) is 19.9. The molecule has 7 nitrogen and oxygen atoms in total. The van der Waals surface area contributed by atoms with E-state index >= 15 is 0 Å². The molecule has 0 bridgehead atoms. The van der Waals surface area contributed by atoms with Crippen LogP contribution in [-0.4, -0.2) is 28.4 Å². The topological polar surface area (TPSA) is 89.0 Å². The van der Waals surface area contributed by atoms with Gasteiger partial charge in [0.05, 0.1) is 33.3 Å². The number of aliphatic hydroxyl groups excluding tert-OH is 1. The summed E-state index contributed by atoms with van der Waals surface area (Å²) in [5, 5.41) is 13.3. The predicted molar refractivity (Wildman–Crippen MR) is 161 cm³/mol. The van der Waals surface area contributed by atoms with Gasteiger partial charge in [0.1, 0.15) is 6.61 Å². The fourth-order valence-electron chi connectivity index (χ4n) is 4.83. The monoisotopic (exact) mass is 582 g/mol. The van der Waals surface area contributed by atoms with Gasteiger partial charge in [0, 0.05) is 0 Å². The Labute approximate surface area is 244 Å². The van der Waals surface area contributed by atoms with Gasteiger partial charge in [0.2, 0.25) is 5.78 Å². The van der Waals surface area contributed by atoms with Gasteiger partial charge in [-0.2, -0.15) is 0 Å². The average molecular weight is 583 g/mol. The van der Waals surface area contributed by atoms with Crippen molar-refractivity contribution in [1.82, 2.24) is 4.98 Å². The largest absolute Gasteiger partial charge is 0.503 e. The van der Waals surface area contributed by atoms with E-state index < -0.39 is 23.5 Å². The Morgan fingerprint density at radius 3 is 2.59 bits per heavy atom. The fraction of sp³-hybridized carbons (Fsp3) is 0.156. The molecule has 3 heterocycles. The lowest BCUT2D eigenvalue weighted by molar-refractivity contribution is -0.117. The first kappa shape index (κ1) is 26.7. The summed E-state index contributed by atoms with van der Waals surface area (Å²) in [5.74, 6) is -0.649. The number of ether oxygens (including phenoxy) is 2. The first-order valence-corrected chi connectivity index (χ1v) is 14.8. The molecule has 1 aliphatic heterocycles. The summed E-state index contributed by atoms with van der Waals surface area (Å²) < 4.78 is 12.9. The Morgan fingerprint density at radius 1 is 1.00 bits per heavy atom. The van der Waals surface area contributed by atoms with Crippen LogP contribution in [0, 0.1) is 6.92 Å². The number of aromatic nitrogens is 1. The molecule has 3 aromatic carbocycles. The van der Waals surface area contributed by atoms with Crippen LogP contribution in [0.15, 0.2) is 95.6 Å². The summed E-state index contributed by atoms with van der Waals surface area (Å²) in [6.07, 6.45) is 0. The van der Waals surface area contributed by atoms with Crippen LogP contribution in [0.3, 0.4) is 0 Å². The number of hydrogen-bond donors (Lipinski definition) is 1. The van der Waals surface area contributed by atoms with Crippen molar-refractivity contribution in [3.05, 3.63) is 117 Å². The SMILES string of the molecule is CCOc1cc(C2C(C(=O)c3cccs3)=C(O)C(=O)N2c2nc3ccc(C)cc3s2)ccc1OCc1ccccc1. The van der Waals surface area contributed by atoms with E-state index in [0.29, 0.717) is 40.3 Å². The van der Waals surface area contributed by atoms with Gasteiger partial charge in [-0.15, -0.1) is 11.3 Å². The van der Waals surface area contributed by atoms with Gasteiger partial charge < -0.3 is 14.6 Å². The molecule has 1 aliphatic rings. The van der Waals surface area contributed by atoms with E-state index in [0.717, 1.165) is 21.3 Å². The Morgan fingerprint density at radius 2 is 1.83 bits per heavy atom. The Hall–Kier alpha value is -4.47. The Balaban J connectivity index is 1.45. The van der Waals surface area contributed by atoms with Crippen molar-refractivity contribution in [2.75, 3.05) is 11.5 Å². The summed E-state index contributed by atoms with van der Waals surface area (Å²) in [4.78, 5) is 33.9. The zero-order valence-corrected chi connectivity index (χ0v) is 24.0. The van der Waals surface area contributed by atoms with E-state index in [1.807, 2.05) is 62.4 Å². The van der Waals surface area contributed by atoms with Crippen molar-refractivity contribution in [3.63, 3.8) is 0 Å². The number of Topliss-reactive ketones (excluding diaryl/α,β-unsaturated/α-hetero) is 1. The van der Waals surface area contributed by atoms with Gasteiger partial charge in [0.15, 0.2) is 22.4 Å². The van der Waals surface area contributed by atoms with Gasteiger partial charge in [0.25, 0.3) is 5.91 Å². The van der Waals surface area contributed by atoms with E-state index in [-0.39, 0.29) is 5.57 Å². The molecule has 9 heteroatoms. The lowest BCUT2D eigenvalue weighted by Gasteiger charge is -2.25. The van der Waals surface area contributed by atoms with Crippen LogP contribution in [0.1, 0.15) is 39.3 Å². The third kappa shape index (κ3) is 5.10. The molecular weight excluding hydrogens is 556 g/mol. The molecule has 0 radical (unpaired) electrons. The molecule has 206 valence electrons. The molecule has 0 saturated carbocycles. The number of carbonyl (C=O) groups excluding carboxylic acids is 2. The molecule has 41 heavy (non-hydrogen) atoms. The van der Waals surface area contributed by atoms with E-state index in [4.69, 9.17) is 14.5 Å². The number of aryl methyl sites for hydroxylation is 1. The number of aliphatic hydroxyl groups is 1. The van der Waals surface area contributed by atoms with Crippen molar-refractivity contribution >= 4 is 49.7 Å². The van der Waals surface area contributed by atoms with Crippen molar-refractivity contribution in [3.8, 4) is 11.5 Å². The number of ketones is 1. The molecule has 2 aromatic heterocycles. The van der Waals surface area contributed by atoms with Crippen LogP contribution in [0.5, 0.6) is 11.5 Å². The van der Waals surface area contributed by atoms with Crippen molar-refractivity contribution in [1.29, 1.82) is 0 Å². The number of nitrogens with zero attached hydrogens (tertiary/aromatic N) is 2. The molecule has 6 rings (SSSR count). The van der Waals surface area contributed by atoms with Gasteiger partial charge in [-0.3, -0.25) is 14.5 Å². The minimum absolute atomic E-state index is 0.00768. The Bertz CT molecular complexity index is 1780. The van der Waals surface area contributed by atoms with Crippen LogP contribution in [0.4, 0.5) is 5.13 Å². The number of rotatable bonds is 9.